The molecule has 0 aromatic heterocycles. The Morgan fingerprint density at radius 2 is 1.75 bits per heavy atom. The van der Waals surface area contributed by atoms with E-state index in [1.54, 1.807) is 0 Å². The molecule has 1 unspecified atom stereocenters. The van der Waals surface area contributed by atoms with Crippen LogP contribution in [0.25, 0.3) is 0 Å². The second-order valence-electron chi connectivity index (χ2n) is 12.5. The fourth-order valence-corrected chi connectivity index (χ4v) is 8.70. The van der Waals surface area contributed by atoms with E-state index in [0.717, 1.165) is 48.9 Å². The summed E-state index contributed by atoms with van der Waals surface area (Å²) in [5, 5.41) is 3.64. The first-order chi connectivity index (χ1) is 15.2. The van der Waals surface area contributed by atoms with Gasteiger partial charge in [-0.1, -0.05) is 59.1 Å². The molecule has 0 radical (unpaired) electrons. The quantitative estimate of drug-likeness (QED) is 0.254. The van der Waals surface area contributed by atoms with Crippen molar-refractivity contribution in [2.24, 2.45) is 51.5 Å². The first-order valence-corrected chi connectivity index (χ1v) is 13.6. The molecule has 184 valence electrons. The van der Waals surface area contributed by atoms with E-state index >= 15 is 0 Å². The van der Waals surface area contributed by atoms with E-state index in [1.165, 1.54) is 58.5 Å². The van der Waals surface area contributed by atoms with Crippen molar-refractivity contribution in [3.8, 4) is 0 Å². The van der Waals surface area contributed by atoms with Gasteiger partial charge in [0.15, 0.2) is 0 Å². The fourth-order valence-electron chi connectivity index (χ4n) is 8.70. The standard InChI is InChI=1S/C28H49NO3/c1-19(2)9-7-10-20(3)22-13-14-23-21-12-15-25(29-31)28(5,17-8-11-26(30)32-6)24(21)16-18-27(22,23)4/h19-25H,7-18H2,1-6H3/t20-,21+,22-,23+,24+,25?,27-,28-/m1/s1. The molecule has 4 heteroatoms. The molecule has 4 nitrogen and oxygen atoms in total. The maximum Gasteiger partial charge on any atom is 0.305 e. The lowest BCUT2D eigenvalue weighted by Gasteiger charge is -2.58. The Morgan fingerprint density at radius 3 is 2.41 bits per heavy atom. The zero-order valence-corrected chi connectivity index (χ0v) is 21.7. The van der Waals surface area contributed by atoms with Gasteiger partial charge in [-0.25, -0.2) is 0 Å². The highest BCUT2D eigenvalue weighted by molar-refractivity contribution is 5.69. The van der Waals surface area contributed by atoms with E-state index in [-0.39, 0.29) is 17.4 Å². The number of rotatable bonds is 10. The monoisotopic (exact) mass is 447 g/mol. The number of esters is 1. The lowest BCUT2D eigenvalue weighted by molar-refractivity contribution is -0.141. The molecule has 0 amide bonds. The third-order valence-corrected chi connectivity index (χ3v) is 10.5. The predicted octanol–water partition coefficient (Wildman–Crippen LogP) is 7.79. The Balaban J connectivity index is 1.71. The largest absolute Gasteiger partial charge is 0.469 e. The summed E-state index contributed by atoms with van der Waals surface area (Å²) in [4.78, 5) is 23.5. The Bertz CT molecular complexity index is 649. The highest BCUT2D eigenvalue weighted by atomic mass is 16.5. The van der Waals surface area contributed by atoms with E-state index in [1.807, 2.05) is 0 Å². The SMILES string of the molecule is COC(=O)CCC[C@@]1(C)C(N=O)CC[C@H]2[C@@H]3CC[C@H]([C@H](C)CCCC(C)C)[C@@]3(C)CC[C@@H]21. The summed E-state index contributed by atoms with van der Waals surface area (Å²) >= 11 is 0. The van der Waals surface area contributed by atoms with Crippen molar-refractivity contribution in [3.05, 3.63) is 4.91 Å². The van der Waals surface area contributed by atoms with E-state index in [4.69, 9.17) is 4.74 Å². The highest BCUT2D eigenvalue weighted by Gasteiger charge is 2.60. The number of nitrogens with zero attached hydrogens (tertiary/aromatic N) is 1. The van der Waals surface area contributed by atoms with Gasteiger partial charge in [-0.2, -0.15) is 4.91 Å². The fraction of sp³-hybridized carbons (Fsp3) is 0.964. The summed E-state index contributed by atoms with van der Waals surface area (Å²) in [6.07, 6.45) is 13.7. The molecule has 0 N–H and O–H groups in total. The van der Waals surface area contributed by atoms with Crippen LogP contribution in [0.1, 0.15) is 112 Å². The van der Waals surface area contributed by atoms with E-state index in [2.05, 4.69) is 39.8 Å². The third kappa shape index (κ3) is 4.94. The maximum absolute atomic E-state index is 11.8. The van der Waals surface area contributed by atoms with E-state index < -0.39 is 0 Å². The number of methoxy groups -OCH3 is 1. The molecule has 0 aromatic rings. The second kappa shape index (κ2) is 10.6. The van der Waals surface area contributed by atoms with Gasteiger partial charge in [-0.3, -0.25) is 4.79 Å². The summed E-state index contributed by atoms with van der Waals surface area (Å²) in [5.41, 5.74) is 0.397. The van der Waals surface area contributed by atoms with Gasteiger partial charge < -0.3 is 4.74 Å². The molecule has 3 fully saturated rings. The van der Waals surface area contributed by atoms with Crippen molar-refractivity contribution in [2.75, 3.05) is 7.11 Å². The van der Waals surface area contributed by atoms with Crippen molar-refractivity contribution in [2.45, 2.75) is 118 Å². The Hall–Kier alpha value is -0.930. The summed E-state index contributed by atoms with van der Waals surface area (Å²) < 4.78 is 4.85. The molecule has 32 heavy (non-hydrogen) atoms. The average Bonchev–Trinajstić information content (AvgIpc) is 3.11. The first kappa shape index (κ1) is 25.7. The lowest BCUT2D eigenvalue weighted by Crippen LogP contribution is -2.53. The van der Waals surface area contributed by atoms with Crippen LogP contribution in [-0.2, 0) is 9.53 Å². The molecule has 3 saturated carbocycles. The molecule has 0 heterocycles. The molecule has 3 aliphatic carbocycles. The van der Waals surface area contributed by atoms with Crippen LogP contribution in [-0.4, -0.2) is 19.1 Å². The van der Waals surface area contributed by atoms with Gasteiger partial charge in [0, 0.05) is 6.42 Å². The topological polar surface area (TPSA) is 55.7 Å². The molecule has 0 bridgehead atoms. The summed E-state index contributed by atoms with van der Waals surface area (Å²) in [7, 11) is 1.46. The van der Waals surface area contributed by atoms with Gasteiger partial charge >= 0.3 is 5.97 Å². The minimum atomic E-state index is -0.141. The number of hydrogen-bond donors (Lipinski definition) is 0. The molecule has 0 spiro atoms. The zero-order chi connectivity index (χ0) is 23.5. The van der Waals surface area contributed by atoms with Gasteiger partial charge in [0.1, 0.15) is 0 Å². The minimum Gasteiger partial charge on any atom is -0.469 e. The number of ether oxygens (including phenoxy) is 1. The van der Waals surface area contributed by atoms with E-state index in [9.17, 15) is 9.70 Å². The molecule has 0 saturated heterocycles. The van der Waals surface area contributed by atoms with Gasteiger partial charge in [0.2, 0.25) is 0 Å². The molecule has 8 atom stereocenters. The first-order valence-electron chi connectivity index (χ1n) is 13.6. The maximum atomic E-state index is 11.8. The van der Waals surface area contributed by atoms with Gasteiger partial charge in [-0.15, -0.1) is 0 Å². The second-order valence-corrected chi connectivity index (χ2v) is 12.5. The van der Waals surface area contributed by atoms with Crippen LogP contribution >= 0.6 is 0 Å². The molecular weight excluding hydrogens is 398 g/mol. The van der Waals surface area contributed by atoms with Crippen molar-refractivity contribution in [1.82, 2.24) is 0 Å². The van der Waals surface area contributed by atoms with Gasteiger partial charge in [0.25, 0.3) is 0 Å². The molecular formula is C28H49NO3. The summed E-state index contributed by atoms with van der Waals surface area (Å²) in [6, 6.07) is -0.0992. The number of hydrogen-bond acceptors (Lipinski definition) is 4. The van der Waals surface area contributed by atoms with Crippen molar-refractivity contribution in [1.29, 1.82) is 0 Å². The van der Waals surface area contributed by atoms with Crippen LogP contribution in [0.5, 0.6) is 0 Å². The number of nitroso groups, excluding NO2 is 1. The van der Waals surface area contributed by atoms with Crippen LogP contribution in [0.3, 0.4) is 0 Å². The van der Waals surface area contributed by atoms with Gasteiger partial charge in [0.05, 0.1) is 13.2 Å². The number of carbonyl (C=O) groups is 1. The van der Waals surface area contributed by atoms with Crippen LogP contribution in [0, 0.1) is 51.2 Å². The van der Waals surface area contributed by atoms with Crippen molar-refractivity contribution >= 4 is 5.97 Å². The Kier molecular flexibility index (Phi) is 8.47. The Labute approximate surface area is 197 Å². The summed E-state index contributed by atoms with van der Waals surface area (Å²) in [6.45, 7) is 12.1. The number of carbonyl (C=O) groups excluding carboxylic acids is 1. The van der Waals surface area contributed by atoms with Crippen LogP contribution < -0.4 is 0 Å². The highest BCUT2D eigenvalue weighted by Crippen LogP contribution is 2.66. The van der Waals surface area contributed by atoms with Gasteiger partial charge in [-0.05, 0) is 97.7 Å². The smallest absolute Gasteiger partial charge is 0.305 e. The summed E-state index contributed by atoms with van der Waals surface area (Å²) in [5.74, 6) is 4.44. The average molecular weight is 448 g/mol. The third-order valence-electron chi connectivity index (χ3n) is 10.5. The van der Waals surface area contributed by atoms with Crippen LogP contribution in [0.15, 0.2) is 5.18 Å². The van der Waals surface area contributed by atoms with Crippen LogP contribution in [0.4, 0.5) is 0 Å². The Morgan fingerprint density at radius 1 is 1.00 bits per heavy atom. The van der Waals surface area contributed by atoms with Crippen molar-refractivity contribution in [3.63, 3.8) is 0 Å². The minimum absolute atomic E-state index is 0.0685. The normalized spacial score (nSPS) is 39.9. The molecule has 3 aliphatic rings. The van der Waals surface area contributed by atoms with E-state index in [0.29, 0.717) is 17.8 Å². The van der Waals surface area contributed by atoms with Crippen LogP contribution in [0.2, 0.25) is 0 Å². The predicted molar refractivity (Wildman–Crippen MR) is 131 cm³/mol. The molecule has 0 aromatic carbocycles. The molecule has 0 aliphatic heterocycles. The van der Waals surface area contributed by atoms with Crippen molar-refractivity contribution < 1.29 is 9.53 Å². The lowest BCUT2D eigenvalue weighted by atomic mass is 9.47. The zero-order valence-electron chi connectivity index (χ0n) is 21.7. The number of fused-ring (bicyclic) bond motifs is 3. The molecule has 3 rings (SSSR count).